The number of aliphatic hydroxyl groups is 2. The van der Waals surface area contributed by atoms with E-state index in [4.69, 9.17) is 4.74 Å². The number of rotatable bonds is 17. The molecule has 0 spiro atoms. The number of unbranched alkanes of at least 4 members (excludes halogenated alkanes) is 1. The van der Waals surface area contributed by atoms with Gasteiger partial charge in [0.05, 0.1) is 19.3 Å². The topological polar surface area (TPSA) is 157 Å². The summed E-state index contributed by atoms with van der Waals surface area (Å²) in [5.74, 6) is -2.92. The van der Waals surface area contributed by atoms with Crippen molar-refractivity contribution in [3.63, 3.8) is 0 Å². The monoisotopic (exact) mass is 640 g/mol. The first-order chi connectivity index (χ1) is 20.9. The maximum atomic E-state index is 13.8. The highest BCUT2D eigenvalue weighted by Gasteiger charge is 2.45. The van der Waals surface area contributed by atoms with Gasteiger partial charge < -0.3 is 35.0 Å². The molecule has 0 saturated carbocycles. The Labute approximate surface area is 270 Å². The van der Waals surface area contributed by atoms with Crippen LogP contribution in [0.1, 0.15) is 93.9 Å². The predicted molar refractivity (Wildman–Crippen MR) is 172 cm³/mol. The van der Waals surface area contributed by atoms with Crippen LogP contribution in [0.25, 0.3) is 0 Å². The Balaban J connectivity index is 3.23. The Morgan fingerprint density at radius 1 is 0.956 bits per heavy atom. The third kappa shape index (κ3) is 11.2. The average Bonchev–Trinajstić information content (AvgIpc) is 3.36. The van der Waals surface area contributed by atoms with Crippen LogP contribution in [0.5, 0.6) is 0 Å². The first-order valence-electron chi connectivity index (χ1n) is 16.5. The number of carbonyl (C=O) groups excluding carboxylic acids is 5. The van der Waals surface area contributed by atoms with Crippen molar-refractivity contribution >= 4 is 29.6 Å². The molecule has 12 nitrogen and oxygen atoms in total. The van der Waals surface area contributed by atoms with Gasteiger partial charge in [-0.3, -0.25) is 19.2 Å². The van der Waals surface area contributed by atoms with Gasteiger partial charge in [0.1, 0.15) is 24.2 Å². The molecule has 0 aromatic rings. The molecule has 2 unspecified atom stereocenters. The highest BCUT2D eigenvalue weighted by molar-refractivity contribution is 5.95. The molecular formula is C33H60N4O8. The summed E-state index contributed by atoms with van der Waals surface area (Å²) in [6.45, 7) is 14.8. The normalized spacial score (nSPS) is 20.6. The van der Waals surface area contributed by atoms with Gasteiger partial charge in [0.2, 0.25) is 23.6 Å². The molecular weight excluding hydrogens is 580 g/mol. The Morgan fingerprint density at radius 2 is 1.56 bits per heavy atom. The van der Waals surface area contributed by atoms with Gasteiger partial charge in [-0.2, -0.15) is 0 Å². The van der Waals surface area contributed by atoms with Gasteiger partial charge in [0.25, 0.3) is 0 Å². The zero-order chi connectivity index (χ0) is 34.8. The summed E-state index contributed by atoms with van der Waals surface area (Å²) < 4.78 is 4.83. The Morgan fingerprint density at radius 3 is 2.04 bits per heavy atom. The third-order valence-corrected chi connectivity index (χ3v) is 8.77. The average molecular weight is 641 g/mol. The molecule has 12 heteroatoms. The van der Waals surface area contributed by atoms with Crippen LogP contribution in [-0.4, -0.2) is 119 Å². The molecule has 1 aliphatic heterocycles. The largest absolute Gasteiger partial charge is 0.467 e. The minimum atomic E-state index is -1.40. The van der Waals surface area contributed by atoms with E-state index >= 15 is 0 Å². The molecule has 4 amide bonds. The summed E-state index contributed by atoms with van der Waals surface area (Å²) in [5, 5.41) is 23.6. The fourth-order valence-electron chi connectivity index (χ4n) is 6.24. The van der Waals surface area contributed by atoms with Crippen LogP contribution < -0.4 is 5.32 Å². The number of esters is 1. The van der Waals surface area contributed by atoms with E-state index in [1.807, 2.05) is 20.8 Å². The van der Waals surface area contributed by atoms with E-state index in [2.05, 4.69) is 19.2 Å². The maximum Gasteiger partial charge on any atom is 0.328 e. The molecule has 1 heterocycles. The molecule has 1 fully saturated rings. The van der Waals surface area contributed by atoms with Gasteiger partial charge in [-0.25, -0.2) is 4.79 Å². The van der Waals surface area contributed by atoms with Crippen LogP contribution in [0.3, 0.4) is 0 Å². The van der Waals surface area contributed by atoms with E-state index in [1.165, 1.54) is 35.8 Å². The van der Waals surface area contributed by atoms with Gasteiger partial charge in [-0.05, 0) is 37.5 Å². The number of likely N-dealkylation sites (N-methyl/N-ethyl adjacent to an activating group) is 2. The molecule has 1 saturated heterocycles. The number of carbonyl (C=O) groups is 5. The van der Waals surface area contributed by atoms with Crippen molar-refractivity contribution in [2.45, 2.75) is 130 Å². The molecule has 0 bridgehead atoms. The maximum absolute atomic E-state index is 13.8. The van der Waals surface area contributed by atoms with Crippen LogP contribution in [0.15, 0.2) is 0 Å². The number of β-amino-alcohol motifs (C(OH)–C–C–N with tert-alkyl or cyclic N) is 1. The number of methoxy groups -OCH3 is 1. The number of amides is 4. The molecule has 1 rings (SSSR count). The highest BCUT2D eigenvalue weighted by atomic mass is 16.5. The summed E-state index contributed by atoms with van der Waals surface area (Å²) in [6.07, 6.45) is 2.04. The molecule has 0 radical (unpaired) electrons. The summed E-state index contributed by atoms with van der Waals surface area (Å²) in [5.41, 5.74) is 0. The predicted octanol–water partition coefficient (Wildman–Crippen LogP) is 2.20. The van der Waals surface area contributed by atoms with Gasteiger partial charge >= 0.3 is 5.97 Å². The zero-order valence-electron chi connectivity index (χ0n) is 29.4. The van der Waals surface area contributed by atoms with Crippen molar-refractivity contribution in [2.75, 3.05) is 27.7 Å². The van der Waals surface area contributed by atoms with Gasteiger partial charge in [-0.15, -0.1) is 0 Å². The van der Waals surface area contributed by atoms with E-state index in [1.54, 1.807) is 20.9 Å². The quantitative estimate of drug-likeness (QED) is 0.204. The molecule has 0 aliphatic carbocycles. The number of aliphatic hydroxyl groups excluding tert-OH is 2. The first kappa shape index (κ1) is 40.3. The van der Waals surface area contributed by atoms with Crippen molar-refractivity contribution in [1.29, 1.82) is 0 Å². The Kier molecular flexibility index (Phi) is 16.5. The Bertz CT molecular complexity index is 1000. The second kappa shape index (κ2) is 18.4. The summed E-state index contributed by atoms with van der Waals surface area (Å²) in [7, 11) is 4.21. The fraction of sp³-hybridized carbons (Fsp3) is 0.848. The molecule has 260 valence electrons. The van der Waals surface area contributed by atoms with Crippen molar-refractivity contribution < 1.29 is 38.9 Å². The van der Waals surface area contributed by atoms with Gasteiger partial charge in [0, 0.05) is 33.0 Å². The lowest BCUT2D eigenvalue weighted by Gasteiger charge is -2.37. The number of hydrogen-bond donors (Lipinski definition) is 3. The second-order valence-corrected chi connectivity index (χ2v) is 13.8. The number of nitrogens with zero attached hydrogens (tertiary/aromatic N) is 3. The van der Waals surface area contributed by atoms with Crippen LogP contribution >= 0.6 is 0 Å². The number of likely N-dealkylation sites (tertiary alicyclic amines) is 1. The van der Waals surface area contributed by atoms with E-state index in [9.17, 15) is 34.2 Å². The molecule has 1 aliphatic rings. The summed E-state index contributed by atoms with van der Waals surface area (Å²) in [6, 6.07) is -4.32. The van der Waals surface area contributed by atoms with Gasteiger partial charge in [-0.1, -0.05) is 67.7 Å². The zero-order valence-corrected chi connectivity index (χ0v) is 29.4. The number of hydrogen-bond acceptors (Lipinski definition) is 8. The first-order valence-corrected chi connectivity index (χ1v) is 16.5. The standard InChI is InChI=1S/C33H60N4O8/c1-12-13-14-21(6)16-22(7)30(41)35(9)25(15-19(2)3)29(40)34-27(23(8)38)31(42)36(10)28(20(4)5)32(43)37-18-24(39)17-26(37)33(44)45-11/h19-28,38-39H,12-18H2,1-11H3,(H,34,40)/t21?,22?,23-,24+,25+,26+,27+,28+/m1/s1. The SMILES string of the molecule is CCCCC(C)CC(C)C(=O)N(C)[C@@H](CC(C)C)C(=O)N[C@H](C(=O)N(C)[C@H](C(=O)N1C[C@@H](O)C[C@H]1C(=O)OC)C(C)C)[C@@H](C)O. The molecule has 0 aromatic heterocycles. The highest BCUT2D eigenvalue weighted by Crippen LogP contribution is 2.25. The van der Waals surface area contributed by atoms with E-state index in [0.717, 1.165) is 19.3 Å². The Hall–Kier alpha value is -2.73. The minimum Gasteiger partial charge on any atom is -0.467 e. The fourth-order valence-corrected chi connectivity index (χ4v) is 6.24. The van der Waals surface area contributed by atoms with Crippen LogP contribution in [0, 0.1) is 23.7 Å². The summed E-state index contributed by atoms with van der Waals surface area (Å²) >= 11 is 0. The van der Waals surface area contributed by atoms with Crippen LogP contribution in [0.4, 0.5) is 0 Å². The molecule has 0 aromatic carbocycles. The molecule has 8 atom stereocenters. The number of ether oxygens (including phenoxy) is 1. The van der Waals surface area contributed by atoms with Gasteiger partial charge in [0.15, 0.2) is 0 Å². The molecule has 3 N–H and O–H groups in total. The summed E-state index contributed by atoms with van der Waals surface area (Å²) in [4.78, 5) is 71.0. The lowest BCUT2D eigenvalue weighted by molar-refractivity contribution is -0.156. The van der Waals surface area contributed by atoms with Crippen LogP contribution in [-0.2, 0) is 28.7 Å². The van der Waals surface area contributed by atoms with E-state index in [-0.39, 0.29) is 30.7 Å². The van der Waals surface area contributed by atoms with Crippen LogP contribution in [0.2, 0.25) is 0 Å². The minimum absolute atomic E-state index is 0.0208. The molecule has 45 heavy (non-hydrogen) atoms. The number of nitrogens with one attached hydrogen (secondary N) is 1. The third-order valence-electron chi connectivity index (χ3n) is 8.77. The van der Waals surface area contributed by atoms with Crippen molar-refractivity contribution in [3.8, 4) is 0 Å². The lowest BCUT2D eigenvalue weighted by atomic mass is 9.91. The van der Waals surface area contributed by atoms with Crippen molar-refractivity contribution in [1.82, 2.24) is 20.0 Å². The van der Waals surface area contributed by atoms with E-state index in [0.29, 0.717) is 18.8 Å². The van der Waals surface area contributed by atoms with Crippen molar-refractivity contribution in [2.24, 2.45) is 23.7 Å². The van der Waals surface area contributed by atoms with Crippen molar-refractivity contribution in [3.05, 3.63) is 0 Å². The lowest BCUT2D eigenvalue weighted by Crippen LogP contribution is -2.61. The van der Waals surface area contributed by atoms with E-state index < -0.39 is 66.0 Å². The second-order valence-electron chi connectivity index (χ2n) is 13.8. The smallest absolute Gasteiger partial charge is 0.328 e.